The van der Waals surface area contributed by atoms with Gasteiger partial charge in [-0.2, -0.15) is 0 Å². The topological polar surface area (TPSA) is 21.3 Å². The second-order valence-electron chi connectivity index (χ2n) is 4.97. The third kappa shape index (κ3) is 3.22. The average Bonchev–Trinajstić information content (AvgIpc) is 3.20. The van der Waals surface area contributed by atoms with Crippen LogP contribution < -0.4 is 10.1 Å². The van der Waals surface area contributed by atoms with E-state index in [0.717, 1.165) is 30.9 Å². The third-order valence-electron chi connectivity index (χ3n) is 3.65. The van der Waals surface area contributed by atoms with Crippen molar-refractivity contribution in [1.82, 2.24) is 5.32 Å². The number of hydrogen-bond acceptors (Lipinski definition) is 2. The van der Waals surface area contributed by atoms with Crippen molar-refractivity contribution in [2.24, 2.45) is 5.92 Å². The molecule has 3 heteroatoms. The summed E-state index contributed by atoms with van der Waals surface area (Å²) >= 11 is 0. The van der Waals surface area contributed by atoms with Crippen LogP contribution in [0.1, 0.15) is 31.7 Å². The van der Waals surface area contributed by atoms with E-state index in [2.05, 4.69) is 12.2 Å². The smallest absolute Gasteiger partial charge is 0.168 e. The predicted molar refractivity (Wildman–Crippen MR) is 71.5 cm³/mol. The molecule has 0 spiro atoms. The molecule has 2 nitrogen and oxygen atoms in total. The Balaban J connectivity index is 1.96. The Morgan fingerprint density at radius 1 is 1.44 bits per heavy atom. The van der Waals surface area contributed by atoms with Crippen molar-refractivity contribution >= 4 is 0 Å². The van der Waals surface area contributed by atoms with Crippen molar-refractivity contribution < 1.29 is 9.13 Å². The van der Waals surface area contributed by atoms with Crippen LogP contribution in [0.2, 0.25) is 0 Å². The molecule has 0 aliphatic heterocycles. The van der Waals surface area contributed by atoms with Crippen molar-refractivity contribution in [3.63, 3.8) is 0 Å². The summed E-state index contributed by atoms with van der Waals surface area (Å²) in [7, 11) is 1.51. The second kappa shape index (κ2) is 6.19. The highest BCUT2D eigenvalue weighted by atomic mass is 19.1. The van der Waals surface area contributed by atoms with E-state index in [9.17, 15) is 4.39 Å². The van der Waals surface area contributed by atoms with Gasteiger partial charge in [-0.3, -0.25) is 0 Å². The molecule has 0 saturated heterocycles. The zero-order chi connectivity index (χ0) is 13.0. The molecule has 1 fully saturated rings. The summed E-state index contributed by atoms with van der Waals surface area (Å²) in [6.07, 6.45) is 4.41. The van der Waals surface area contributed by atoms with Gasteiger partial charge in [-0.25, -0.2) is 4.39 Å². The van der Waals surface area contributed by atoms with E-state index in [0.29, 0.717) is 11.8 Å². The van der Waals surface area contributed by atoms with E-state index >= 15 is 0 Å². The van der Waals surface area contributed by atoms with Gasteiger partial charge in [-0.1, -0.05) is 19.1 Å². The molecule has 1 atom stereocenters. The SMILES string of the molecule is CCNC(CCc1cccc(OC)c1F)C1CC1. The lowest BCUT2D eigenvalue weighted by molar-refractivity contribution is 0.382. The molecular formula is C15H22FNO. The normalized spacial score (nSPS) is 16.6. The Morgan fingerprint density at radius 3 is 2.83 bits per heavy atom. The summed E-state index contributed by atoms with van der Waals surface area (Å²) in [4.78, 5) is 0. The molecule has 100 valence electrons. The molecule has 0 bridgehead atoms. The van der Waals surface area contributed by atoms with Crippen LogP contribution in [0.4, 0.5) is 4.39 Å². The van der Waals surface area contributed by atoms with E-state index in [1.54, 1.807) is 6.07 Å². The van der Waals surface area contributed by atoms with Gasteiger partial charge in [0.25, 0.3) is 0 Å². The van der Waals surface area contributed by atoms with Crippen molar-refractivity contribution in [3.8, 4) is 5.75 Å². The second-order valence-corrected chi connectivity index (χ2v) is 4.97. The van der Waals surface area contributed by atoms with E-state index in [1.807, 2.05) is 12.1 Å². The number of aryl methyl sites for hydroxylation is 1. The predicted octanol–water partition coefficient (Wildman–Crippen LogP) is 3.16. The first kappa shape index (κ1) is 13.3. The minimum absolute atomic E-state index is 0.203. The maximum atomic E-state index is 14.0. The first-order valence-electron chi connectivity index (χ1n) is 6.81. The van der Waals surface area contributed by atoms with E-state index in [4.69, 9.17) is 4.74 Å². The molecule has 0 radical (unpaired) electrons. The zero-order valence-electron chi connectivity index (χ0n) is 11.2. The lowest BCUT2D eigenvalue weighted by Crippen LogP contribution is -2.31. The van der Waals surface area contributed by atoms with Crippen LogP contribution >= 0.6 is 0 Å². The van der Waals surface area contributed by atoms with Crippen LogP contribution in [0.5, 0.6) is 5.75 Å². The van der Waals surface area contributed by atoms with Crippen molar-refractivity contribution in [2.45, 2.75) is 38.6 Å². The Bertz CT molecular complexity index is 390. The van der Waals surface area contributed by atoms with E-state index in [1.165, 1.54) is 20.0 Å². The van der Waals surface area contributed by atoms with Crippen LogP contribution in [0, 0.1) is 11.7 Å². The van der Waals surface area contributed by atoms with Gasteiger partial charge in [-0.05, 0) is 49.8 Å². The zero-order valence-corrected chi connectivity index (χ0v) is 11.2. The number of benzene rings is 1. The Kier molecular flexibility index (Phi) is 4.59. The minimum atomic E-state index is -0.203. The van der Waals surface area contributed by atoms with Gasteiger partial charge < -0.3 is 10.1 Å². The lowest BCUT2D eigenvalue weighted by atomic mass is 10.0. The molecule has 1 aromatic rings. The van der Waals surface area contributed by atoms with Gasteiger partial charge in [0.2, 0.25) is 0 Å². The molecular weight excluding hydrogens is 229 g/mol. The molecule has 18 heavy (non-hydrogen) atoms. The molecule has 1 N–H and O–H groups in total. The first-order chi connectivity index (χ1) is 8.76. The monoisotopic (exact) mass is 251 g/mol. The van der Waals surface area contributed by atoms with Gasteiger partial charge in [0.1, 0.15) is 0 Å². The molecule has 0 aromatic heterocycles. The highest BCUT2D eigenvalue weighted by Crippen LogP contribution is 2.34. The Hall–Kier alpha value is -1.09. The largest absolute Gasteiger partial charge is 0.494 e. The maximum absolute atomic E-state index is 14.0. The molecule has 1 saturated carbocycles. The fourth-order valence-corrected chi connectivity index (χ4v) is 2.48. The van der Waals surface area contributed by atoms with Crippen molar-refractivity contribution in [3.05, 3.63) is 29.6 Å². The molecule has 1 aromatic carbocycles. The number of nitrogens with one attached hydrogen (secondary N) is 1. The first-order valence-corrected chi connectivity index (χ1v) is 6.81. The van der Waals surface area contributed by atoms with Crippen molar-refractivity contribution in [1.29, 1.82) is 0 Å². The standard InChI is InChI=1S/C15H22FNO/c1-3-17-13(11-7-8-11)10-9-12-5-4-6-14(18-2)15(12)16/h4-6,11,13,17H,3,7-10H2,1-2H3. The molecule has 1 unspecified atom stereocenters. The summed E-state index contributed by atoms with van der Waals surface area (Å²) in [5.74, 6) is 0.948. The Labute approximate surface area is 109 Å². The highest BCUT2D eigenvalue weighted by Gasteiger charge is 2.30. The number of halogens is 1. The molecule has 2 rings (SSSR count). The maximum Gasteiger partial charge on any atom is 0.168 e. The molecule has 0 heterocycles. The van der Waals surface area contributed by atoms with Crippen molar-refractivity contribution in [2.75, 3.05) is 13.7 Å². The van der Waals surface area contributed by atoms with Gasteiger partial charge in [0.05, 0.1) is 7.11 Å². The lowest BCUT2D eigenvalue weighted by Gasteiger charge is -2.17. The summed E-state index contributed by atoms with van der Waals surface area (Å²) in [5, 5.41) is 3.51. The molecule has 0 amide bonds. The summed E-state index contributed by atoms with van der Waals surface area (Å²) < 4.78 is 19.0. The van der Waals surface area contributed by atoms with Gasteiger partial charge >= 0.3 is 0 Å². The van der Waals surface area contributed by atoms with Crippen LogP contribution in [-0.2, 0) is 6.42 Å². The average molecular weight is 251 g/mol. The van der Waals surface area contributed by atoms with E-state index < -0.39 is 0 Å². The summed E-state index contributed by atoms with van der Waals surface area (Å²) in [6, 6.07) is 5.92. The quantitative estimate of drug-likeness (QED) is 0.803. The van der Waals surface area contributed by atoms with E-state index in [-0.39, 0.29) is 5.82 Å². The summed E-state index contributed by atoms with van der Waals surface area (Å²) in [5.41, 5.74) is 0.762. The Morgan fingerprint density at radius 2 is 2.22 bits per heavy atom. The molecule has 1 aliphatic carbocycles. The van der Waals surface area contributed by atoms with Crippen LogP contribution in [0.3, 0.4) is 0 Å². The summed E-state index contributed by atoms with van der Waals surface area (Å²) in [6.45, 7) is 3.11. The van der Waals surface area contributed by atoms with Gasteiger partial charge in [-0.15, -0.1) is 0 Å². The fraction of sp³-hybridized carbons (Fsp3) is 0.600. The fourth-order valence-electron chi connectivity index (χ4n) is 2.48. The van der Waals surface area contributed by atoms with Gasteiger partial charge in [0.15, 0.2) is 11.6 Å². The van der Waals surface area contributed by atoms with Gasteiger partial charge in [0, 0.05) is 6.04 Å². The number of hydrogen-bond donors (Lipinski definition) is 1. The van der Waals surface area contributed by atoms with Crippen LogP contribution in [0.25, 0.3) is 0 Å². The number of ether oxygens (including phenoxy) is 1. The van der Waals surface area contributed by atoms with Crippen LogP contribution in [0.15, 0.2) is 18.2 Å². The third-order valence-corrected chi connectivity index (χ3v) is 3.65. The number of rotatable bonds is 7. The number of methoxy groups -OCH3 is 1. The van der Waals surface area contributed by atoms with Crippen LogP contribution in [-0.4, -0.2) is 19.7 Å². The molecule has 1 aliphatic rings. The highest BCUT2D eigenvalue weighted by molar-refractivity contribution is 5.31. The minimum Gasteiger partial charge on any atom is -0.494 e.